The van der Waals surface area contributed by atoms with Crippen molar-refractivity contribution in [2.45, 2.75) is 11.5 Å². The minimum absolute atomic E-state index is 0.106. The van der Waals surface area contributed by atoms with Crippen molar-refractivity contribution in [3.05, 3.63) is 65.2 Å². The Bertz CT molecular complexity index is 717. The van der Waals surface area contributed by atoms with Crippen LogP contribution >= 0.6 is 0 Å². The van der Waals surface area contributed by atoms with Crippen LogP contribution in [0, 0.1) is 11.3 Å². The topological polar surface area (TPSA) is 67.2 Å². The molecule has 0 heterocycles. The molecule has 2 aromatic rings. The maximum absolute atomic E-state index is 12.1. The second kappa shape index (κ2) is 6.82. The largest absolute Gasteiger partial charge is 0.457 e. The third-order valence-electron chi connectivity index (χ3n) is 2.87. The third-order valence-corrected chi connectivity index (χ3v) is 3.85. The Morgan fingerprint density at radius 3 is 2.48 bits per heavy atom. The zero-order valence-electron chi connectivity index (χ0n) is 11.4. The molecule has 106 valence electrons. The van der Waals surface area contributed by atoms with E-state index in [1.807, 2.05) is 6.07 Å². The Balaban J connectivity index is 2.08. The molecule has 0 aliphatic rings. The van der Waals surface area contributed by atoms with Gasteiger partial charge in [0.05, 0.1) is 32.9 Å². The number of hydrogen-bond donors (Lipinski definition) is 0. The number of hydrogen-bond acceptors (Lipinski definition) is 4. The summed E-state index contributed by atoms with van der Waals surface area (Å²) < 4.78 is 16.8. The van der Waals surface area contributed by atoms with Crippen molar-refractivity contribution in [2.24, 2.45) is 0 Å². The standard InChI is InChI=1S/C16H13NO3S/c1-21(19)15-5-3-2-4-14(15)16(18)20-11-13-8-6-12(10-17)7-9-13/h2-9H,11H2,1H3/t21-/m1/s1. The van der Waals surface area contributed by atoms with Crippen LogP contribution in [0.1, 0.15) is 21.5 Å². The Morgan fingerprint density at radius 2 is 1.86 bits per heavy atom. The van der Waals surface area contributed by atoms with Crippen LogP contribution < -0.4 is 0 Å². The third kappa shape index (κ3) is 3.77. The van der Waals surface area contributed by atoms with Gasteiger partial charge < -0.3 is 4.74 Å². The minimum atomic E-state index is -1.25. The molecule has 0 unspecified atom stereocenters. The average molecular weight is 299 g/mol. The SMILES string of the molecule is C[S@@](=O)c1ccccc1C(=O)OCc1ccc(C#N)cc1. The van der Waals surface area contributed by atoms with Crippen molar-refractivity contribution < 1.29 is 13.7 Å². The summed E-state index contributed by atoms with van der Waals surface area (Å²) in [5.41, 5.74) is 1.65. The van der Waals surface area contributed by atoms with Crippen molar-refractivity contribution in [3.63, 3.8) is 0 Å². The molecule has 0 radical (unpaired) electrons. The molecule has 5 heteroatoms. The van der Waals surface area contributed by atoms with E-state index in [1.54, 1.807) is 48.5 Å². The second-order valence-corrected chi connectivity index (χ2v) is 5.68. The van der Waals surface area contributed by atoms with Gasteiger partial charge in [-0.2, -0.15) is 5.26 Å². The van der Waals surface area contributed by atoms with Crippen LogP contribution in [0.4, 0.5) is 0 Å². The van der Waals surface area contributed by atoms with E-state index in [-0.39, 0.29) is 6.61 Å². The van der Waals surface area contributed by atoms with E-state index < -0.39 is 16.8 Å². The summed E-state index contributed by atoms with van der Waals surface area (Å²) in [5, 5.41) is 8.71. The van der Waals surface area contributed by atoms with Gasteiger partial charge in [0, 0.05) is 6.26 Å². The Hall–Kier alpha value is -2.45. The molecule has 0 aliphatic heterocycles. The number of carbonyl (C=O) groups is 1. The zero-order chi connectivity index (χ0) is 15.2. The van der Waals surface area contributed by atoms with Gasteiger partial charge >= 0.3 is 5.97 Å². The van der Waals surface area contributed by atoms with Crippen LogP contribution in [0.3, 0.4) is 0 Å². The number of rotatable bonds is 4. The summed E-state index contributed by atoms with van der Waals surface area (Å²) >= 11 is 0. The molecule has 2 rings (SSSR count). The van der Waals surface area contributed by atoms with Crippen LogP contribution in [0.2, 0.25) is 0 Å². The first-order valence-electron chi connectivity index (χ1n) is 6.20. The predicted molar refractivity (Wildman–Crippen MR) is 79.1 cm³/mol. The van der Waals surface area contributed by atoms with Crippen LogP contribution in [0.25, 0.3) is 0 Å². The Kier molecular flexibility index (Phi) is 4.85. The van der Waals surface area contributed by atoms with E-state index >= 15 is 0 Å². The zero-order valence-corrected chi connectivity index (χ0v) is 12.2. The maximum Gasteiger partial charge on any atom is 0.339 e. The normalized spacial score (nSPS) is 11.4. The first-order valence-corrected chi connectivity index (χ1v) is 7.76. The first-order chi connectivity index (χ1) is 10.1. The Labute approximate surface area is 125 Å². The lowest BCUT2D eigenvalue weighted by molar-refractivity contribution is 0.0468. The van der Waals surface area contributed by atoms with Gasteiger partial charge in [0.15, 0.2) is 0 Å². The van der Waals surface area contributed by atoms with Gasteiger partial charge in [-0.15, -0.1) is 0 Å². The summed E-state index contributed by atoms with van der Waals surface area (Å²) in [7, 11) is -1.25. The monoisotopic (exact) mass is 299 g/mol. The van der Waals surface area contributed by atoms with Crippen molar-refractivity contribution in [3.8, 4) is 6.07 Å². The van der Waals surface area contributed by atoms with Crippen molar-refractivity contribution in [1.29, 1.82) is 5.26 Å². The van der Waals surface area contributed by atoms with Crippen LogP contribution in [-0.2, 0) is 22.1 Å². The fourth-order valence-corrected chi connectivity index (χ4v) is 2.52. The average Bonchev–Trinajstić information content (AvgIpc) is 2.53. The van der Waals surface area contributed by atoms with Gasteiger partial charge in [0.25, 0.3) is 0 Å². The van der Waals surface area contributed by atoms with Crippen LogP contribution in [-0.4, -0.2) is 16.4 Å². The molecule has 0 saturated carbocycles. The van der Waals surface area contributed by atoms with E-state index in [0.717, 1.165) is 5.56 Å². The van der Waals surface area contributed by atoms with Gasteiger partial charge in [-0.05, 0) is 29.8 Å². The summed E-state index contributed by atoms with van der Waals surface area (Å²) in [4.78, 5) is 12.5. The van der Waals surface area contributed by atoms with E-state index in [2.05, 4.69) is 0 Å². The highest BCUT2D eigenvalue weighted by Gasteiger charge is 2.14. The summed E-state index contributed by atoms with van der Waals surface area (Å²) in [6, 6.07) is 15.5. The van der Waals surface area contributed by atoms with Crippen molar-refractivity contribution in [2.75, 3.05) is 6.26 Å². The lowest BCUT2D eigenvalue weighted by Gasteiger charge is -2.08. The fourth-order valence-electron chi connectivity index (χ4n) is 1.79. The molecule has 0 aromatic heterocycles. The van der Waals surface area contributed by atoms with Crippen molar-refractivity contribution in [1.82, 2.24) is 0 Å². The number of nitrogens with zero attached hydrogens (tertiary/aromatic N) is 1. The number of benzene rings is 2. The van der Waals surface area contributed by atoms with E-state index in [1.165, 1.54) is 6.26 Å². The molecule has 1 atom stereocenters. The number of nitriles is 1. The molecule has 0 amide bonds. The van der Waals surface area contributed by atoms with Crippen LogP contribution in [0.15, 0.2) is 53.4 Å². The molecule has 4 nitrogen and oxygen atoms in total. The second-order valence-electron chi connectivity index (χ2n) is 4.34. The lowest BCUT2D eigenvalue weighted by atomic mass is 10.1. The molecule has 0 aliphatic carbocycles. The quantitative estimate of drug-likeness (QED) is 0.814. The molecule has 0 N–H and O–H groups in total. The summed E-state index contributed by atoms with van der Waals surface area (Å²) in [5.74, 6) is -0.509. The van der Waals surface area contributed by atoms with Gasteiger partial charge in [-0.3, -0.25) is 4.21 Å². The number of esters is 1. The Morgan fingerprint density at radius 1 is 1.19 bits per heavy atom. The molecule has 0 spiro atoms. The van der Waals surface area contributed by atoms with Crippen LogP contribution in [0.5, 0.6) is 0 Å². The fraction of sp³-hybridized carbons (Fsp3) is 0.125. The lowest BCUT2D eigenvalue weighted by Crippen LogP contribution is -2.09. The highest BCUT2D eigenvalue weighted by Crippen LogP contribution is 2.15. The molecule has 0 saturated heterocycles. The number of ether oxygens (including phenoxy) is 1. The smallest absolute Gasteiger partial charge is 0.339 e. The molecule has 0 fully saturated rings. The van der Waals surface area contributed by atoms with E-state index in [0.29, 0.717) is 16.0 Å². The van der Waals surface area contributed by atoms with Gasteiger partial charge in [0.2, 0.25) is 0 Å². The molecule has 21 heavy (non-hydrogen) atoms. The van der Waals surface area contributed by atoms with Gasteiger partial charge in [-0.25, -0.2) is 4.79 Å². The van der Waals surface area contributed by atoms with Crippen molar-refractivity contribution >= 4 is 16.8 Å². The molecule has 2 aromatic carbocycles. The van der Waals surface area contributed by atoms with Gasteiger partial charge in [0.1, 0.15) is 6.61 Å². The number of carbonyl (C=O) groups excluding carboxylic acids is 1. The predicted octanol–water partition coefficient (Wildman–Crippen LogP) is 2.65. The maximum atomic E-state index is 12.1. The van der Waals surface area contributed by atoms with E-state index in [4.69, 9.17) is 10.00 Å². The minimum Gasteiger partial charge on any atom is -0.457 e. The van der Waals surface area contributed by atoms with E-state index in [9.17, 15) is 9.00 Å². The molecular formula is C16H13NO3S. The highest BCUT2D eigenvalue weighted by molar-refractivity contribution is 7.84. The first kappa shape index (κ1) is 14.9. The molecular weight excluding hydrogens is 286 g/mol. The molecule has 0 bridgehead atoms. The van der Waals surface area contributed by atoms with Gasteiger partial charge in [-0.1, -0.05) is 24.3 Å². The summed E-state index contributed by atoms with van der Waals surface area (Å²) in [6.45, 7) is 0.106. The summed E-state index contributed by atoms with van der Waals surface area (Å²) in [6.07, 6.45) is 1.52. The highest BCUT2D eigenvalue weighted by atomic mass is 32.2.